The van der Waals surface area contributed by atoms with Gasteiger partial charge in [-0.3, -0.25) is 9.09 Å². The van der Waals surface area contributed by atoms with Gasteiger partial charge >= 0.3 is 15.6 Å². The Kier molecular flexibility index (Phi) is 5.80. The fourth-order valence-corrected chi connectivity index (χ4v) is 4.39. The van der Waals surface area contributed by atoms with Gasteiger partial charge in [-0.05, 0) is 11.6 Å². The van der Waals surface area contributed by atoms with Gasteiger partial charge in [0.25, 0.3) is 0 Å². The van der Waals surface area contributed by atoms with Crippen LogP contribution in [0.5, 0.6) is 0 Å². The van der Waals surface area contributed by atoms with Crippen LogP contribution in [-0.4, -0.2) is 69.3 Å². The van der Waals surface area contributed by atoms with Crippen molar-refractivity contribution in [3.63, 3.8) is 0 Å². The maximum absolute atomic E-state index is 11.5. The average Bonchev–Trinajstić information content (AvgIpc) is 3.02. The number of hydrogen-bond donors (Lipinski definition) is 6. The third kappa shape index (κ3) is 4.35. The molecule has 0 aliphatic carbocycles. The summed E-state index contributed by atoms with van der Waals surface area (Å²) in [7, 11) is -10.5. The van der Waals surface area contributed by atoms with Crippen LogP contribution in [0.3, 0.4) is 0 Å². The molecule has 156 valence electrons. The van der Waals surface area contributed by atoms with E-state index in [1.807, 2.05) is 0 Å². The number of nitrogen functional groups attached to an aromatic ring is 1. The highest BCUT2D eigenvalue weighted by Crippen LogP contribution is 2.57. The molecule has 15 nitrogen and oxygen atoms in total. The highest BCUT2D eigenvalue weighted by Gasteiger charge is 2.46. The molecule has 5 atom stereocenters. The zero-order valence-electron chi connectivity index (χ0n) is 13.5. The van der Waals surface area contributed by atoms with Gasteiger partial charge in [0.1, 0.15) is 24.6 Å². The Morgan fingerprint density at radius 3 is 2.57 bits per heavy atom. The number of aliphatic hydroxyl groups is 2. The average molecular weight is 462 g/mol. The molecular formula is C10H14ClN5O10P2. The summed E-state index contributed by atoms with van der Waals surface area (Å²) in [6.45, 7) is -0.857. The number of phosphoric acid groups is 2. The summed E-state index contributed by atoms with van der Waals surface area (Å²) in [5.41, 5.74) is 5.89. The molecule has 1 aliphatic heterocycles. The third-order valence-electron chi connectivity index (χ3n) is 3.67. The minimum absolute atomic E-state index is 0.00868. The lowest BCUT2D eigenvalue weighted by molar-refractivity contribution is -0.0502. The third-order valence-corrected chi connectivity index (χ3v) is 6.08. The van der Waals surface area contributed by atoms with Crippen molar-refractivity contribution in [2.24, 2.45) is 0 Å². The molecule has 0 spiro atoms. The van der Waals surface area contributed by atoms with E-state index < -0.39 is 46.8 Å². The van der Waals surface area contributed by atoms with Crippen molar-refractivity contribution < 1.29 is 47.6 Å². The van der Waals surface area contributed by atoms with Gasteiger partial charge in [-0.2, -0.15) is 4.31 Å². The number of aromatic nitrogens is 4. The van der Waals surface area contributed by atoms with Crippen molar-refractivity contribution in [2.75, 3.05) is 12.3 Å². The van der Waals surface area contributed by atoms with E-state index in [0.717, 1.165) is 10.9 Å². The number of anilines is 1. The molecule has 0 amide bonds. The molecule has 2 aromatic rings. The minimum Gasteiger partial charge on any atom is -0.387 e. The van der Waals surface area contributed by atoms with E-state index in [-0.39, 0.29) is 22.3 Å². The van der Waals surface area contributed by atoms with Crippen LogP contribution in [0.4, 0.5) is 5.82 Å². The van der Waals surface area contributed by atoms with Crippen molar-refractivity contribution in [1.29, 1.82) is 0 Å². The maximum Gasteiger partial charge on any atom is 0.481 e. The first-order chi connectivity index (χ1) is 12.9. The number of phosphoric ester groups is 1. The summed E-state index contributed by atoms with van der Waals surface area (Å²) < 4.78 is 36.7. The number of halogens is 1. The number of hydrogen-bond acceptors (Lipinski definition) is 11. The second-order valence-electron chi connectivity index (χ2n) is 5.56. The Bertz CT molecular complexity index is 983. The molecule has 1 saturated heterocycles. The summed E-state index contributed by atoms with van der Waals surface area (Å²) in [4.78, 5) is 38.1. The van der Waals surface area contributed by atoms with Crippen LogP contribution in [0.1, 0.15) is 6.23 Å². The topological polar surface area (TPSA) is 233 Å². The second kappa shape index (κ2) is 7.55. The molecule has 2 aromatic heterocycles. The normalized spacial score (nSPS) is 27.9. The zero-order chi connectivity index (χ0) is 20.9. The van der Waals surface area contributed by atoms with Gasteiger partial charge in [0.2, 0.25) is 5.28 Å². The molecule has 0 radical (unpaired) electrons. The number of nitrogens with two attached hydrogens (primary N) is 1. The van der Waals surface area contributed by atoms with E-state index >= 15 is 0 Å². The number of fused-ring (bicyclic) bond motifs is 1. The van der Waals surface area contributed by atoms with Gasteiger partial charge < -0.3 is 35.4 Å². The summed E-state index contributed by atoms with van der Waals surface area (Å²) >= 11 is 6.04. The molecule has 28 heavy (non-hydrogen) atoms. The monoisotopic (exact) mass is 461 g/mol. The summed E-state index contributed by atoms with van der Waals surface area (Å²) in [6.07, 6.45) is -4.84. The van der Waals surface area contributed by atoms with Crippen LogP contribution in [-0.2, 0) is 22.7 Å². The molecule has 1 fully saturated rings. The number of nitrogens with zero attached hydrogens (tertiary/aromatic N) is 4. The second-order valence-corrected chi connectivity index (χ2v) is 8.73. The van der Waals surface area contributed by atoms with Gasteiger partial charge in [0, 0.05) is 0 Å². The quantitative estimate of drug-likeness (QED) is 0.221. The van der Waals surface area contributed by atoms with E-state index in [4.69, 9.17) is 31.9 Å². The summed E-state index contributed by atoms with van der Waals surface area (Å²) in [6, 6.07) is 0. The molecule has 3 rings (SSSR count). The highest BCUT2D eigenvalue weighted by atomic mass is 35.5. The Hall–Kier alpha value is -1.22. The standard InChI is InChI=1S/C10H14ClN5O10P2/c11-10-15-4-7(12)13-2-14-8(4)16(10)9-6(18)5(17)3(25-9)1-24-28(22,23)26-27(19,20)21/h2-3,5-6,9,17-18H,1H2,(H,22,23)(H2,12,13,14)(H2,19,20,21)/t3-,5-,6-,9-/m1/s1. The fourth-order valence-electron chi connectivity index (χ4n) is 2.53. The SMILES string of the molecule is Nc1ncnc2c1nc(Cl)n2[C@@H]1O[C@H](COP(=O)(O)OP(=O)(O)O)[C@@H](O)[C@H]1O. The van der Waals surface area contributed by atoms with Crippen LogP contribution in [0.15, 0.2) is 6.33 Å². The van der Waals surface area contributed by atoms with Gasteiger partial charge in [0.15, 0.2) is 23.2 Å². The molecule has 0 aromatic carbocycles. The molecule has 1 aliphatic rings. The van der Waals surface area contributed by atoms with Crippen molar-refractivity contribution >= 4 is 44.2 Å². The molecule has 0 saturated carbocycles. The number of rotatable bonds is 6. The van der Waals surface area contributed by atoms with Crippen molar-refractivity contribution in [1.82, 2.24) is 19.5 Å². The first-order valence-corrected chi connectivity index (χ1v) is 10.7. The first kappa shape index (κ1) is 21.5. The molecular weight excluding hydrogens is 448 g/mol. The van der Waals surface area contributed by atoms with Crippen molar-refractivity contribution in [3.05, 3.63) is 11.6 Å². The van der Waals surface area contributed by atoms with Crippen LogP contribution >= 0.6 is 27.2 Å². The molecule has 3 heterocycles. The zero-order valence-corrected chi connectivity index (χ0v) is 16.1. The Morgan fingerprint density at radius 1 is 1.25 bits per heavy atom. The van der Waals surface area contributed by atoms with Gasteiger partial charge in [0.05, 0.1) is 6.61 Å². The molecule has 18 heteroatoms. The van der Waals surface area contributed by atoms with Gasteiger partial charge in [-0.1, -0.05) is 0 Å². The lowest BCUT2D eigenvalue weighted by atomic mass is 10.1. The fraction of sp³-hybridized carbons (Fsp3) is 0.500. The van der Waals surface area contributed by atoms with Crippen LogP contribution in [0.2, 0.25) is 5.28 Å². The smallest absolute Gasteiger partial charge is 0.387 e. The lowest BCUT2D eigenvalue weighted by Crippen LogP contribution is -2.33. The lowest BCUT2D eigenvalue weighted by Gasteiger charge is -2.18. The Balaban J connectivity index is 1.80. The van der Waals surface area contributed by atoms with Gasteiger partial charge in [-0.25, -0.2) is 24.1 Å². The predicted octanol–water partition coefficient (Wildman–Crippen LogP) is -1.09. The van der Waals surface area contributed by atoms with E-state index in [0.29, 0.717) is 0 Å². The predicted molar refractivity (Wildman–Crippen MR) is 89.6 cm³/mol. The van der Waals surface area contributed by atoms with Crippen molar-refractivity contribution in [2.45, 2.75) is 24.5 Å². The maximum atomic E-state index is 11.5. The Morgan fingerprint density at radius 2 is 1.93 bits per heavy atom. The summed E-state index contributed by atoms with van der Waals surface area (Å²) in [5, 5.41) is 20.2. The van der Waals surface area contributed by atoms with E-state index in [2.05, 4.69) is 23.8 Å². The van der Waals surface area contributed by atoms with Crippen molar-refractivity contribution in [3.8, 4) is 0 Å². The Labute approximate surface area is 160 Å². The molecule has 1 unspecified atom stereocenters. The largest absolute Gasteiger partial charge is 0.481 e. The van der Waals surface area contributed by atoms with E-state index in [9.17, 15) is 24.2 Å². The number of imidazole rings is 1. The molecule has 0 bridgehead atoms. The van der Waals surface area contributed by atoms with Crippen LogP contribution < -0.4 is 5.73 Å². The van der Waals surface area contributed by atoms with E-state index in [1.165, 1.54) is 0 Å². The first-order valence-electron chi connectivity index (χ1n) is 7.29. The van der Waals surface area contributed by atoms with E-state index in [1.54, 1.807) is 0 Å². The van der Waals surface area contributed by atoms with Gasteiger partial charge in [-0.15, -0.1) is 0 Å². The highest BCUT2D eigenvalue weighted by molar-refractivity contribution is 7.60. The van der Waals surface area contributed by atoms with Crippen LogP contribution in [0.25, 0.3) is 11.2 Å². The minimum atomic E-state index is -5.31. The van der Waals surface area contributed by atoms with Crippen LogP contribution in [0, 0.1) is 0 Å². The molecule has 7 N–H and O–H groups in total. The number of ether oxygens (including phenoxy) is 1. The summed E-state index contributed by atoms with van der Waals surface area (Å²) in [5.74, 6) is 0.00868. The number of aliphatic hydroxyl groups excluding tert-OH is 2.